The molecule has 6 heterocycles. The van der Waals surface area contributed by atoms with Crippen LogP contribution in [0.4, 0.5) is 0 Å². The van der Waals surface area contributed by atoms with E-state index in [0.717, 1.165) is 27.5 Å². The normalized spacial score (nSPS) is 16.3. The van der Waals surface area contributed by atoms with Crippen LogP contribution in [0.3, 0.4) is 0 Å². The fourth-order valence-corrected chi connectivity index (χ4v) is 13.0. The lowest BCUT2D eigenvalue weighted by atomic mass is 10.0. The van der Waals surface area contributed by atoms with Crippen molar-refractivity contribution in [3.63, 3.8) is 0 Å². The first-order valence-electron chi connectivity index (χ1n) is 37.1. The van der Waals surface area contributed by atoms with E-state index < -0.39 is 76.4 Å². The van der Waals surface area contributed by atoms with E-state index >= 15 is 0 Å². The number of ether oxygens (including phenoxy) is 6. The molecule has 30 nitrogen and oxygen atoms in total. The monoisotopic (exact) mass is 1640 g/mol. The van der Waals surface area contributed by atoms with Crippen LogP contribution in [0.1, 0.15) is 190 Å². The molecule has 3 aromatic heterocycles. The number of nitrogens with two attached hydrogens (primary N) is 1. The Hall–Kier alpha value is -9.85. The van der Waals surface area contributed by atoms with Crippen molar-refractivity contribution < 1.29 is 73.0 Å². The van der Waals surface area contributed by atoms with Gasteiger partial charge in [-0.3, -0.25) is 86.5 Å². The predicted octanol–water partition coefficient (Wildman–Crippen LogP) is 8.22. The largest absolute Gasteiger partial charge is 0.460 e. The van der Waals surface area contributed by atoms with Gasteiger partial charge in [-0.1, -0.05) is 55.9 Å². The number of halogens is 1. The van der Waals surface area contributed by atoms with Crippen LogP contribution in [0.25, 0.3) is 33.1 Å². The number of nitrogens with one attached hydrogen (secondary N) is 3. The molecule has 0 spiro atoms. The Labute approximate surface area is 665 Å². The van der Waals surface area contributed by atoms with Crippen LogP contribution in [0.15, 0.2) is 73.5 Å². The minimum absolute atomic E-state index is 0. The number of rotatable bonds is 25. The molecule has 0 bridgehead atoms. The second kappa shape index (κ2) is 44.4. The van der Waals surface area contributed by atoms with Gasteiger partial charge in [0.05, 0.1) is 56.7 Å². The van der Waals surface area contributed by atoms with Crippen LogP contribution < -0.4 is 38.8 Å². The Morgan fingerprint density at radius 2 is 0.920 bits per heavy atom. The van der Waals surface area contributed by atoms with Crippen LogP contribution in [-0.4, -0.2) is 144 Å². The van der Waals surface area contributed by atoms with Gasteiger partial charge in [0.25, 0.3) is 0 Å². The van der Waals surface area contributed by atoms with Crippen LogP contribution in [-0.2, 0) is 99.1 Å². The number of piperidine rings is 3. The number of aryl methyl sites for hydroxylation is 4. The Balaban J connectivity index is 0.000000402. The number of esters is 3. The number of aromatic nitrogens is 6. The van der Waals surface area contributed by atoms with Crippen LogP contribution in [0.5, 0.6) is 0 Å². The molecule has 3 aliphatic heterocycles. The third-order valence-corrected chi connectivity index (χ3v) is 18.0. The molecule has 6 aromatic rings. The zero-order valence-corrected chi connectivity index (χ0v) is 69.7. The molecule has 0 radical (unpaired) electrons. The van der Waals surface area contributed by atoms with Gasteiger partial charge in [-0.15, -0.1) is 6.42 Å². The lowest BCUT2D eigenvalue weighted by molar-refractivity contribution is -0.160. The van der Waals surface area contributed by atoms with Gasteiger partial charge in [-0.2, -0.15) is 20.4 Å². The van der Waals surface area contributed by atoms with Gasteiger partial charge in [0.15, 0.2) is 0 Å². The number of para-hydroxylation sites is 3. The highest BCUT2D eigenvalue weighted by molar-refractivity contribution is 9.10. The Bertz CT molecular complexity index is 4730. The van der Waals surface area contributed by atoms with E-state index in [-0.39, 0.29) is 103 Å². The number of imidazole rings is 3. The number of nitrogens with zero attached hydrogens (tertiary/aromatic N) is 8. The number of nitriles is 2. The molecule has 3 fully saturated rings. The van der Waals surface area contributed by atoms with E-state index in [1.165, 1.54) is 22.8 Å². The van der Waals surface area contributed by atoms with Crippen molar-refractivity contribution in [3.8, 4) is 36.3 Å². The summed E-state index contributed by atoms with van der Waals surface area (Å²) in [6, 6.07) is 18.2. The number of hydrogen-bond donors (Lipinski definition) is 4. The highest BCUT2D eigenvalue weighted by Gasteiger charge is 2.36. The van der Waals surface area contributed by atoms with E-state index in [2.05, 4.69) is 49.6 Å². The molecule has 6 amide bonds. The number of carbonyl (C=O) groups excluding carboxylic acids is 9. The topological polar surface area (TPSA) is 399 Å². The van der Waals surface area contributed by atoms with Gasteiger partial charge in [0.2, 0.25) is 35.4 Å². The first kappa shape index (κ1) is 94.5. The van der Waals surface area contributed by atoms with Crippen LogP contribution in [0.2, 0.25) is 0 Å². The zero-order valence-electron chi connectivity index (χ0n) is 66.7. The average Bonchev–Trinajstić information content (AvgIpc) is 1.62. The minimum atomic E-state index is -0.841. The third-order valence-electron chi connectivity index (χ3n) is 17.3. The van der Waals surface area contributed by atoms with E-state index in [9.17, 15) is 62.8 Å². The molecule has 3 aliphatic rings. The van der Waals surface area contributed by atoms with Crippen molar-refractivity contribution in [2.45, 2.75) is 201 Å². The van der Waals surface area contributed by atoms with E-state index in [1.807, 2.05) is 77.1 Å². The van der Waals surface area contributed by atoms with E-state index in [0.29, 0.717) is 112 Å². The quantitative estimate of drug-likeness (QED) is 0.0105. The van der Waals surface area contributed by atoms with Crippen molar-refractivity contribution >= 4 is 112 Å². The summed E-state index contributed by atoms with van der Waals surface area (Å²) < 4.78 is 41.8. The first-order valence-corrected chi connectivity index (χ1v) is 37.9. The molecule has 7 unspecified atom stereocenters. The number of amides is 6. The number of hydrogen-bond acceptors (Lipinski definition) is 21. The molecular weight excluding hydrogens is 1530 g/mol. The molecule has 7 atom stereocenters. The second-order valence-electron chi connectivity index (χ2n) is 29.3. The molecule has 0 aliphatic carbocycles. The molecule has 9 rings (SSSR count). The fraction of sp³-hybridized carbons (Fsp3) is 0.550. The van der Waals surface area contributed by atoms with Crippen molar-refractivity contribution in [1.29, 1.82) is 10.5 Å². The first-order chi connectivity index (χ1) is 52.5. The maximum Gasteiger partial charge on any atom is 0.329 e. The lowest BCUT2D eigenvalue weighted by Crippen LogP contribution is -2.44. The zero-order chi connectivity index (χ0) is 82.7. The summed E-state index contributed by atoms with van der Waals surface area (Å²) in [5.41, 5.74) is 8.76. The third kappa shape index (κ3) is 26.9. The van der Waals surface area contributed by atoms with Crippen molar-refractivity contribution in [2.24, 2.45) is 44.6 Å². The standard InChI is InChI=1S/C26H38N4O6.C26H30N4O6.C13H12BrN3O3.C13H19NO3.C2H6.H3P.H2/c2*1-26(2,3)36-24(33)18(16-27)10-7-15-35-14-6-9-17-8-5-11-19-22(17)29(4)25(34)30(19)20-12-13-21(31)28-23(20)32;1-16-11-7(14)3-2-4-8(11)17(13(16)20)9-5-6-10(18)15-12(9)19;1-5-8-16-9-6-7-11(10-14)12(15)17-13(2,3)4;1-2;;/h5,8,11,18,20H,6-7,9-10,12-16,27H2,1-4H3,(H,28,31,32);5,8,11,18,20H,7,10,12-15H2,1-4H3,(H,28,31,32);2-4,9H,5-6H2,1H3,(H,15,18,19);1,11H,6-9H2,2-4H3;1-2H3;1H3;1H. The van der Waals surface area contributed by atoms with Crippen molar-refractivity contribution in [3.05, 3.63) is 102 Å². The van der Waals surface area contributed by atoms with E-state index in [1.54, 1.807) is 91.5 Å². The molecule has 32 heteroatoms. The number of carbonyl (C=O) groups is 9. The van der Waals surface area contributed by atoms with Gasteiger partial charge in [-0.05, 0) is 185 Å². The smallest absolute Gasteiger partial charge is 0.329 e. The van der Waals surface area contributed by atoms with Gasteiger partial charge >= 0.3 is 35.0 Å². The number of imide groups is 3. The molecule has 3 aromatic carbocycles. The summed E-state index contributed by atoms with van der Waals surface area (Å²) in [5, 5.41) is 25.0. The number of fused-ring (bicyclic) bond motifs is 3. The molecule has 5 N–H and O–H groups in total. The summed E-state index contributed by atoms with van der Waals surface area (Å²) in [6.07, 6.45) is 11.2. The van der Waals surface area contributed by atoms with Gasteiger partial charge in [-0.25, -0.2) is 14.4 Å². The maximum atomic E-state index is 13.0. The van der Waals surface area contributed by atoms with E-state index in [4.69, 9.17) is 45.8 Å². The summed E-state index contributed by atoms with van der Waals surface area (Å²) in [6.45, 7) is 22.6. The SMILES string of the molecule is C#CCOCCCC(C#N)C(=O)OC(C)(C)C.CC.Cn1c(=O)n(C2CCC(=O)NC2=O)c2cccc(Br)c21.Cn1c(=O)n(C2CCC(=O)NC2=O)c2cccc(C#CCOCCCC(C#N)C(=O)OC(C)(C)C)c21.Cn1c(=O)n(C2CCC(=O)NC2=O)c2cccc(CCCOCCCC(CN)C(=O)OC(C)(C)C)c21.P.[HH]. The summed E-state index contributed by atoms with van der Waals surface area (Å²) >= 11 is 3.42. The van der Waals surface area contributed by atoms with Gasteiger partial charge < -0.3 is 34.2 Å². The van der Waals surface area contributed by atoms with Gasteiger partial charge in [0, 0.05) is 79.3 Å². The minimum Gasteiger partial charge on any atom is -0.460 e. The molecule has 112 heavy (non-hydrogen) atoms. The Morgan fingerprint density at radius 3 is 1.35 bits per heavy atom. The number of benzene rings is 3. The van der Waals surface area contributed by atoms with Gasteiger partial charge in [0.1, 0.15) is 60.0 Å². The fourth-order valence-electron chi connectivity index (χ4n) is 12.3. The molecule has 610 valence electrons. The highest BCUT2D eigenvalue weighted by Crippen LogP contribution is 2.30. The average molecular weight is 1640 g/mol. The van der Waals surface area contributed by atoms with Crippen LogP contribution >= 0.6 is 25.8 Å². The summed E-state index contributed by atoms with van der Waals surface area (Å²) in [7, 11) is 4.98. The summed E-state index contributed by atoms with van der Waals surface area (Å²) in [4.78, 5) is 145. The second-order valence-corrected chi connectivity index (χ2v) is 30.1. The molecular formula is C80H110BrN12O18P. The molecule has 0 saturated carbocycles. The predicted molar refractivity (Wildman–Crippen MR) is 431 cm³/mol. The van der Waals surface area contributed by atoms with Crippen LogP contribution in [0, 0.1) is 64.6 Å². The number of terminal acetylenes is 1. The molecule has 3 saturated heterocycles. The Morgan fingerprint density at radius 1 is 0.545 bits per heavy atom. The summed E-state index contributed by atoms with van der Waals surface area (Å²) in [5.74, 6) is 2.80. The lowest BCUT2D eigenvalue weighted by Gasteiger charge is -2.23. The van der Waals surface area contributed by atoms with Crippen molar-refractivity contribution in [1.82, 2.24) is 43.4 Å². The highest BCUT2D eigenvalue weighted by atomic mass is 79.9. The van der Waals surface area contributed by atoms with Crippen molar-refractivity contribution in [2.75, 3.05) is 46.2 Å². The maximum absolute atomic E-state index is 13.0. The Kier molecular flexibility index (Phi) is 37.5.